The summed E-state index contributed by atoms with van der Waals surface area (Å²) in [5, 5.41) is 9.15. The van der Waals surface area contributed by atoms with Crippen LogP contribution in [0, 0.1) is 11.8 Å². The second-order valence-corrected chi connectivity index (χ2v) is 6.24. The zero-order valence-electron chi connectivity index (χ0n) is 8.68. The number of rotatable bonds is 1. The van der Waals surface area contributed by atoms with Gasteiger partial charge in [0, 0.05) is 18.4 Å². The van der Waals surface area contributed by atoms with E-state index in [1.807, 2.05) is 11.9 Å². The number of hydrogen-bond donors (Lipinski definition) is 1. The van der Waals surface area contributed by atoms with E-state index in [0.29, 0.717) is 11.8 Å². The molecule has 0 radical (unpaired) electrons. The number of hydrogen-bond acceptors (Lipinski definition) is 2. The molecule has 0 amide bonds. The van der Waals surface area contributed by atoms with E-state index in [1.165, 1.54) is 0 Å². The monoisotopic (exact) mass is 217 g/mol. The van der Waals surface area contributed by atoms with Crippen molar-refractivity contribution in [1.82, 2.24) is 4.90 Å². The maximum Gasteiger partial charge on any atom is 0.321 e. The van der Waals surface area contributed by atoms with Crippen LogP contribution < -0.4 is 0 Å². The summed E-state index contributed by atoms with van der Waals surface area (Å²) in [5.74, 6) is 0.232. The molecule has 0 saturated carbocycles. The molecule has 14 heavy (non-hydrogen) atoms. The Morgan fingerprint density at radius 1 is 1.57 bits per heavy atom. The molecule has 5 unspecified atom stereocenters. The fraction of sp³-hybridized carbons (Fsp3) is 0.889. The second kappa shape index (κ2) is 3.16. The molecule has 2 heterocycles. The first-order valence-electron chi connectivity index (χ1n) is 4.97. The standard InChI is InChI=1S/C9H17N2O2P/c1-10-3-6-4-11(2,14)5-7(6)8(10)9(12)13/h6-8H,3-5,14H2,1-2H3/p+1. The molecule has 2 aliphatic heterocycles. The lowest BCUT2D eigenvalue weighted by molar-refractivity contribution is -0.767. The van der Waals surface area contributed by atoms with E-state index in [4.69, 9.17) is 5.11 Å². The van der Waals surface area contributed by atoms with Gasteiger partial charge >= 0.3 is 5.97 Å². The van der Waals surface area contributed by atoms with Crippen LogP contribution in [0.4, 0.5) is 0 Å². The van der Waals surface area contributed by atoms with Crippen molar-refractivity contribution in [2.45, 2.75) is 6.04 Å². The summed E-state index contributed by atoms with van der Waals surface area (Å²) in [4.78, 5) is 13.1. The van der Waals surface area contributed by atoms with Crippen molar-refractivity contribution in [3.63, 3.8) is 0 Å². The Morgan fingerprint density at radius 2 is 2.21 bits per heavy atom. The fourth-order valence-corrected chi connectivity index (χ4v) is 3.62. The first kappa shape index (κ1) is 10.3. The SMILES string of the molecule is CN1CC2C[N+](C)(P)CC2C1C(=O)O. The van der Waals surface area contributed by atoms with Gasteiger partial charge in [-0.3, -0.25) is 9.69 Å². The molecule has 5 heteroatoms. The zero-order valence-corrected chi connectivity index (χ0v) is 9.84. The molecule has 0 aliphatic carbocycles. The summed E-state index contributed by atoms with van der Waals surface area (Å²) in [6, 6.07) is -0.263. The molecule has 80 valence electrons. The predicted molar refractivity (Wildman–Crippen MR) is 56.7 cm³/mol. The van der Waals surface area contributed by atoms with Gasteiger partial charge in [-0.25, -0.2) is 0 Å². The van der Waals surface area contributed by atoms with Gasteiger partial charge in [0.1, 0.15) is 6.04 Å². The second-order valence-electron chi connectivity index (χ2n) is 4.99. The third-order valence-electron chi connectivity index (χ3n) is 3.54. The highest BCUT2D eigenvalue weighted by molar-refractivity contribution is 7.08. The smallest absolute Gasteiger partial charge is 0.321 e. The van der Waals surface area contributed by atoms with Crippen LogP contribution in [0.15, 0.2) is 0 Å². The highest BCUT2D eigenvalue weighted by Gasteiger charge is 2.53. The highest BCUT2D eigenvalue weighted by Crippen LogP contribution is 2.40. The van der Waals surface area contributed by atoms with Crippen molar-refractivity contribution < 1.29 is 14.2 Å². The Morgan fingerprint density at radius 3 is 2.79 bits per heavy atom. The van der Waals surface area contributed by atoms with Crippen molar-refractivity contribution in [2.75, 3.05) is 33.7 Å². The number of carbonyl (C=O) groups is 1. The minimum Gasteiger partial charge on any atom is -0.480 e. The van der Waals surface area contributed by atoms with Crippen molar-refractivity contribution in [3.8, 4) is 0 Å². The first-order chi connectivity index (χ1) is 6.41. The molecular weight excluding hydrogens is 199 g/mol. The summed E-state index contributed by atoms with van der Waals surface area (Å²) in [5.41, 5.74) is 0. The number of likely N-dealkylation sites (tertiary alicyclic amines) is 2. The van der Waals surface area contributed by atoms with Gasteiger partial charge < -0.3 is 9.36 Å². The topological polar surface area (TPSA) is 40.5 Å². The van der Waals surface area contributed by atoms with Gasteiger partial charge in [-0.2, -0.15) is 0 Å². The van der Waals surface area contributed by atoms with E-state index in [1.54, 1.807) is 0 Å². The number of nitrogens with zero attached hydrogens (tertiary/aromatic N) is 2. The fourth-order valence-electron chi connectivity index (χ4n) is 3.11. The Bertz CT molecular complexity index is 270. The molecule has 0 aromatic heterocycles. The molecule has 0 aromatic rings. The molecule has 5 atom stereocenters. The molecule has 2 aliphatic rings. The summed E-state index contributed by atoms with van der Waals surface area (Å²) < 4.78 is 0.896. The Balaban J connectivity index is 2.18. The van der Waals surface area contributed by atoms with Crippen molar-refractivity contribution in [2.24, 2.45) is 11.8 Å². The van der Waals surface area contributed by atoms with Crippen molar-refractivity contribution >= 4 is 15.4 Å². The number of carboxylic acid groups (broad SMARTS) is 1. The summed E-state index contributed by atoms with van der Waals surface area (Å²) >= 11 is 0. The Kier molecular flexibility index (Phi) is 2.33. The van der Waals surface area contributed by atoms with Crippen LogP contribution in [0.2, 0.25) is 0 Å². The largest absolute Gasteiger partial charge is 0.480 e. The number of aliphatic carboxylic acids is 1. The summed E-state index contributed by atoms with van der Waals surface area (Å²) in [7, 11) is 6.90. The lowest BCUT2D eigenvalue weighted by atomic mass is 9.94. The van der Waals surface area contributed by atoms with Crippen LogP contribution in [0.1, 0.15) is 0 Å². The minimum absolute atomic E-state index is 0.263. The number of fused-ring (bicyclic) bond motifs is 1. The lowest BCUT2D eigenvalue weighted by Crippen LogP contribution is -2.41. The van der Waals surface area contributed by atoms with Crippen LogP contribution in [0.3, 0.4) is 0 Å². The highest BCUT2D eigenvalue weighted by atomic mass is 31.0. The van der Waals surface area contributed by atoms with E-state index in [-0.39, 0.29) is 6.04 Å². The lowest BCUT2D eigenvalue weighted by Gasteiger charge is -2.27. The maximum absolute atomic E-state index is 11.1. The van der Waals surface area contributed by atoms with Crippen LogP contribution in [0.25, 0.3) is 0 Å². The molecule has 2 saturated heterocycles. The predicted octanol–water partition coefficient (Wildman–Crippen LogP) is -0.132. The van der Waals surface area contributed by atoms with E-state index < -0.39 is 5.97 Å². The van der Waals surface area contributed by atoms with Crippen LogP contribution in [-0.4, -0.2) is 60.0 Å². The van der Waals surface area contributed by atoms with Crippen LogP contribution in [0.5, 0.6) is 0 Å². The van der Waals surface area contributed by atoms with Gasteiger partial charge in [-0.15, -0.1) is 0 Å². The van der Waals surface area contributed by atoms with E-state index >= 15 is 0 Å². The van der Waals surface area contributed by atoms with E-state index in [0.717, 1.165) is 23.9 Å². The van der Waals surface area contributed by atoms with E-state index in [9.17, 15) is 4.79 Å². The molecule has 0 aromatic carbocycles. The molecule has 1 N–H and O–H groups in total. The van der Waals surface area contributed by atoms with Crippen molar-refractivity contribution in [1.29, 1.82) is 0 Å². The average molecular weight is 217 g/mol. The van der Waals surface area contributed by atoms with Gasteiger partial charge in [0.25, 0.3) is 0 Å². The Labute approximate surface area is 86.7 Å². The van der Waals surface area contributed by atoms with Gasteiger partial charge in [-0.1, -0.05) is 0 Å². The molecule has 2 rings (SSSR count). The Hall–Kier alpha value is -0.180. The van der Waals surface area contributed by atoms with E-state index in [2.05, 4.69) is 16.4 Å². The minimum atomic E-state index is -0.660. The molecule has 0 spiro atoms. The normalized spacial score (nSPS) is 48.1. The molecule has 4 nitrogen and oxygen atoms in total. The first-order valence-corrected chi connectivity index (χ1v) is 5.48. The molecule has 2 fully saturated rings. The number of carboxylic acids is 1. The zero-order chi connectivity index (χ0) is 10.5. The average Bonchev–Trinajstić information content (AvgIpc) is 2.37. The van der Waals surface area contributed by atoms with Crippen LogP contribution >= 0.6 is 9.39 Å². The summed E-state index contributed by atoms with van der Waals surface area (Å²) in [6.07, 6.45) is 0. The van der Waals surface area contributed by atoms with Crippen molar-refractivity contribution in [3.05, 3.63) is 0 Å². The maximum atomic E-state index is 11.1. The van der Waals surface area contributed by atoms with Gasteiger partial charge in [0.2, 0.25) is 0 Å². The third-order valence-corrected chi connectivity index (χ3v) is 3.96. The summed E-state index contributed by atoms with van der Waals surface area (Å²) in [6.45, 7) is 2.99. The quantitative estimate of drug-likeness (QED) is 0.622. The molecule has 0 bridgehead atoms. The number of quaternary nitrogens is 1. The van der Waals surface area contributed by atoms with Crippen LogP contribution in [-0.2, 0) is 4.79 Å². The van der Waals surface area contributed by atoms with Gasteiger partial charge in [-0.05, 0) is 7.05 Å². The molecular formula is C9H18N2O2P+. The number of likely N-dealkylation sites (N-methyl/N-ethyl adjacent to an activating group) is 1. The third kappa shape index (κ3) is 1.56. The van der Waals surface area contributed by atoms with Gasteiger partial charge in [0.15, 0.2) is 0 Å². The van der Waals surface area contributed by atoms with Gasteiger partial charge in [0.05, 0.1) is 29.5 Å².